The number of benzene rings is 2. The van der Waals surface area contributed by atoms with E-state index in [1.165, 1.54) is 26.7 Å². The summed E-state index contributed by atoms with van der Waals surface area (Å²) in [7, 11) is -3.43. The first-order valence-corrected chi connectivity index (χ1v) is 10.2. The fourth-order valence-electron chi connectivity index (χ4n) is 3.07. The molecule has 7 nitrogen and oxygen atoms in total. The van der Waals surface area contributed by atoms with E-state index in [4.69, 9.17) is 0 Å². The van der Waals surface area contributed by atoms with Gasteiger partial charge in [0, 0.05) is 23.1 Å². The van der Waals surface area contributed by atoms with Crippen LogP contribution in [0.4, 0.5) is 5.69 Å². The van der Waals surface area contributed by atoms with Crippen molar-refractivity contribution in [1.82, 2.24) is 4.31 Å². The molecule has 3 rings (SSSR count). The van der Waals surface area contributed by atoms with Crippen LogP contribution in [0.1, 0.15) is 11.1 Å². The van der Waals surface area contributed by atoms with Crippen molar-refractivity contribution in [3.8, 4) is 0 Å². The van der Waals surface area contributed by atoms with Gasteiger partial charge >= 0.3 is 0 Å². The van der Waals surface area contributed by atoms with Gasteiger partial charge in [0.2, 0.25) is 10.0 Å². The van der Waals surface area contributed by atoms with Crippen molar-refractivity contribution in [2.24, 2.45) is 0 Å². The summed E-state index contributed by atoms with van der Waals surface area (Å²) in [5.41, 5.74) is 1.94. The maximum absolute atomic E-state index is 12.5. The highest BCUT2D eigenvalue weighted by atomic mass is 32.2. The van der Waals surface area contributed by atoms with E-state index in [1.54, 1.807) is 18.2 Å². The average molecular weight is 388 g/mol. The SMILES string of the molecule is O=[N+]([O-])c1ccc(C[NH+]2CCN(S(=O)(=O)/C=C/c3ccccc3)CC2)cc1. The van der Waals surface area contributed by atoms with Crippen LogP contribution in [0.25, 0.3) is 6.08 Å². The van der Waals surface area contributed by atoms with Crippen molar-refractivity contribution in [1.29, 1.82) is 0 Å². The number of nitrogens with zero attached hydrogens (tertiary/aromatic N) is 2. The van der Waals surface area contributed by atoms with Crippen LogP contribution in [0.2, 0.25) is 0 Å². The molecule has 2 aromatic carbocycles. The van der Waals surface area contributed by atoms with Gasteiger partial charge < -0.3 is 4.90 Å². The van der Waals surface area contributed by atoms with Gasteiger partial charge in [0.25, 0.3) is 5.69 Å². The minimum absolute atomic E-state index is 0.0786. The van der Waals surface area contributed by atoms with Crippen molar-refractivity contribution in [3.05, 3.63) is 81.2 Å². The lowest BCUT2D eigenvalue weighted by atomic mass is 10.2. The van der Waals surface area contributed by atoms with Crippen LogP contribution in [0.5, 0.6) is 0 Å². The zero-order chi connectivity index (χ0) is 19.3. The Bertz CT molecular complexity index is 904. The standard InChI is InChI=1S/C19H21N3O4S/c23-22(24)19-8-6-18(7-9-19)16-20-11-13-21(14-12-20)27(25,26)15-10-17-4-2-1-3-5-17/h1-10,15H,11-14,16H2/p+1/b15-10+. The molecular formula is C19H22N3O4S+. The maximum Gasteiger partial charge on any atom is 0.269 e. The molecule has 1 heterocycles. The second-order valence-corrected chi connectivity index (χ2v) is 8.33. The molecular weight excluding hydrogens is 366 g/mol. The first-order chi connectivity index (χ1) is 12.9. The Morgan fingerprint density at radius 1 is 1.04 bits per heavy atom. The van der Waals surface area contributed by atoms with Crippen LogP contribution in [0, 0.1) is 10.1 Å². The van der Waals surface area contributed by atoms with Gasteiger partial charge in [-0.15, -0.1) is 0 Å². The monoisotopic (exact) mass is 388 g/mol. The Morgan fingerprint density at radius 3 is 2.26 bits per heavy atom. The molecule has 0 saturated carbocycles. The molecule has 2 aromatic rings. The minimum atomic E-state index is -3.43. The summed E-state index contributed by atoms with van der Waals surface area (Å²) in [6.45, 7) is 3.06. The Kier molecular flexibility index (Phi) is 6.00. The quantitative estimate of drug-likeness (QED) is 0.597. The number of sulfonamides is 1. The molecule has 1 aliphatic heterocycles. The third-order valence-corrected chi connectivity index (χ3v) is 6.19. The molecule has 0 spiro atoms. The van der Waals surface area contributed by atoms with Crippen molar-refractivity contribution >= 4 is 21.8 Å². The molecule has 1 N–H and O–H groups in total. The number of hydrogen-bond acceptors (Lipinski definition) is 4. The second kappa shape index (κ2) is 8.43. The molecule has 0 atom stereocenters. The summed E-state index contributed by atoms with van der Waals surface area (Å²) in [5, 5.41) is 12.0. The molecule has 0 radical (unpaired) electrons. The third-order valence-electron chi connectivity index (χ3n) is 4.62. The molecule has 0 bridgehead atoms. The van der Waals surface area contributed by atoms with Crippen molar-refractivity contribution in [3.63, 3.8) is 0 Å². The number of piperazine rings is 1. The van der Waals surface area contributed by atoms with E-state index in [0.717, 1.165) is 17.7 Å². The minimum Gasteiger partial charge on any atom is -0.329 e. The molecule has 0 unspecified atom stereocenters. The topological polar surface area (TPSA) is 85.0 Å². The van der Waals surface area contributed by atoms with Gasteiger partial charge in [-0.05, 0) is 23.8 Å². The van der Waals surface area contributed by atoms with Crippen LogP contribution < -0.4 is 4.90 Å². The van der Waals surface area contributed by atoms with Gasteiger partial charge in [0.1, 0.15) is 6.54 Å². The highest BCUT2D eigenvalue weighted by molar-refractivity contribution is 7.92. The van der Waals surface area contributed by atoms with Gasteiger partial charge in [-0.1, -0.05) is 30.3 Å². The van der Waals surface area contributed by atoms with Gasteiger partial charge in [0.05, 0.1) is 31.1 Å². The number of non-ortho nitro benzene ring substituents is 1. The molecule has 1 fully saturated rings. The normalized spacial score (nSPS) is 16.6. The lowest BCUT2D eigenvalue weighted by molar-refractivity contribution is -0.917. The fraction of sp³-hybridized carbons (Fsp3) is 0.263. The lowest BCUT2D eigenvalue weighted by Gasteiger charge is -2.30. The Hall–Kier alpha value is -2.55. The highest BCUT2D eigenvalue weighted by Gasteiger charge is 2.27. The van der Waals surface area contributed by atoms with E-state index < -0.39 is 14.9 Å². The summed E-state index contributed by atoms with van der Waals surface area (Å²) in [6.07, 6.45) is 1.62. The van der Waals surface area contributed by atoms with E-state index >= 15 is 0 Å². The molecule has 0 aromatic heterocycles. The smallest absolute Gasteiger partial charge is 0.269 e. The summed E-state index contributed by atoms with van der Waals surface area (Å²) < 4.78 is 26.5. The number of hydrogen-bond donors (Lipinski definition) is 1. The van der Waals surface area contributed by atoms with E-state index in [-0.39, 0.29) is 5.69 Å². The summed E-state index contributed by atoms with van der Waals surface area (Å²) >= 11 is 0. The van der Waals surface area contributed by atoms with E-state index in [9.17, 15) is 18.5 Å². The number of nitrogens with one attached hydrogen (secondary N) is 1. The Balaban J connectivity index is 1.55. The van der Waals surface area contributed by atoms with Crippen LogP contribution >= 0.6 is 0 Å². The average Bonchev–Trinajstić information content (AvgIpc) is 2.68. The van der Waals surface area contributed by atoms with Gasteiger partial charge in [-0.2, -0.15) is 4.31 Å². The third kappa shape index (κ3) is 5.22. The molecule has 142 valence electrons. The summed E-state index contributed by atoms with van der Waals surface area (Å²) in [4.78, 5) is 11.6. The van der Waals surface area contributed by atoms with Gasteiger partial charge in [0.15, 0.2) is 0 Å². The van der Waals surface area contributed by atoms with Crippen LogP contribution in [-0.2, 0) is 16.6 Å². The van der Waals surface area contributed by atoms with E-state index in [2.05, 4.69) is 0 Å². The van der Waals surface area contributed by atoms with E-state index in [1.807, 2.05) is 30.3 Å². The fourth-order valence-corrected chi connectivity index (χ4v) is 4.27. The van der Waals surface area contributed by atoms with Gasteiger partial charge in [-0.3, -0.25) is 10.1 Å². The number of nitro benzene ring substituents is 1. The summed E-state index contributed by atoms with van der Waals surface area (Å²) in [6, 6.07) is 15.9. The van der Waals surface area contributed by atoms with Crippen LogP contribution in [-0.4, -0.2) is 43.8 Å². The zero-order valence-electron chi connectivity index (χ0n) is 14.8. The molecule has 0 aliphatic carbocycles. The van der Waals surface area contributed by atoms with Crippen molar-refractivity contribution < 1.29 is 18.2 Å². The van der Waals surface area contributed by atoms with Gasteiger partial charge in [-0.25, -0.2) is 8.42 Å². The zero-order valence-corrected chi connectivity index (χ0v) is 15.6. The molecule has 0 amide bonds. The molecule has 8 heteroatoms. The second-order valence-electron chi connectivity index (χ2n) is 6.51. The Morgan fingerprint density at radius 2 is 1.67 bits per heavy atom. The van der Waals surface area contributed by atoms with Crippen LogP contribution in [0.15, 0.2) is 60.0 Å². The van der Waals surface area contributed by atoms with Crippen LogP contribution in [0.3, 0.4) is 0 Å². The Labute approximate surface area is 158 Å². The highest BCUT2D eigenvalue weighted by Crippen LogP contribution is 2.12. The number of nitro groups is 1. The van der Waals surface area contributed by atoms with Crippen molar-refractivity contribution in [2.75, 3.05) is 26.2 Å². The molecule has 1 aliphatic rings. The predicted molar refractivity (Wildman–Crippen MR) is 103 cm³/mol. The summed E-state index contributed by atoms with van der Waals surface area (Å²) in [5.74, 6) is 0. The first kappa shape index (κ1) is 19.2. The lowest BCUT2D eigenvalue weighted by Crippen LogP contribution is -3.13. The largest absolute Gasteiger partial charge is 0.329 e. The van der Waals surface area contributed by atoms with E-state index in [0.29, 0.717) is 26.2 Å². The predicted octanol–water partition coefficient (Wildman–Crippen LogP) is 1.30. The van der Waals surface area contributed by atoms with Crippen molar-refractivity contribution in [2.45, 2.75) is 6.54 Å². The number of quaternary nitrogens is 1. The first-order valence-electron chi connectivity index (χ1n) is 8.74. The molecule has 27 heavy (non-hydrogen) atoms. The number of rotatable bonds is 6. The maximum atomic E-state index is 12.5. The molecule has 1 saturated heterocycles.